The van der Waals surface area contributed by atoms with Gasteiger partial charge in [0.15, 0.2) is 11.5 Å². The summed E-state index contributed by atoms with van der Waals surface area (Å²) in [7, 11) is 0. The van der Waals surface area contributed by atoms with E-state index in [-0.39, 0.29) is 0 Å². The van der Waals surface area contributed by atoms with Gasteiger partial charge in [0.1, 0.15) is 6.61 Å². The molecule has 0 fully saturated rings. The zero-order valence-corrected chi connectivity index (χ0v) is 13.2. The number of benzene rings is 2. The summed E-state index contributed by atoms with van der Waals surface area (Å²) in [5.41, 5.74) is 7.55. The SMILES string of the molecule is CCOc1cc(CN)cc(Cl)c1OCc1ccc(Cl)cc1. The zero-order chi connectivity index (χ0) is 15.2. The summed E-state index contributed by atoms with van der Waals surface area (Å²) in [5, 5.41) is 1.19. The molecule has 0 aliphatic heterocycles. The molecule has 112 valence electrons. The standard InChI is InChI=1S/C16H17Cl2NO2/c1-2-20-15-8-12(9-19)7-14(18)16(15)21-10-11-3-5-13(17)6-4-11/h3-8H,2,9-10,19H2,1H3. The molecule has 0 bridgehead atoms. The Morgan fingerprint density at radius 2 is 1.71 bits per heavy atom. The van der Waals surface area contributed by atoms with Gasteiger partial charge >= 0.3 is 0 Å². The molecule has 2 rings (SSSR count). The van der Waals surface area contributed by atoms with Crippen molar-refractivity contribution in [2.24, 2.45) is 5.73 Å². The highest BCUT2D eigenvalue weighted by Crippen LogP contribution is 2.37. The Bertz CT molecular complexity index is 600. The van der Waals surface area contributed by atoms with Crippen molar-refractivity contribution in [1.82, 2.24) is 0 Å². The summed E-state index contributed by atoms with van der Waals surface area (Å²) in [4.78, 5) is 0. The minimum absolute atomic E-state index is 0.388. The molecule has 0 aliphatic carbocycles. The second kappa shape index (κ2) is 7.55. The fourth-order valence-corrected chi connectivity index (χ4v) is 2.29. The molecule has 2 aromatic rings. The molecule has 0 unspecified atom stereocenters. The van der Waals surface area contributed by atoms with Gasteiger partial charge in [0, 0.05) is 11.6 Å². The third-order valence-electron chi connectivity index (χ3n) is 2.90. The Hall–Kier alpha value is -1.42. The van der Waals surface area contributed by atoms with Gasteiger partial charge in [-0.2, -0.15) is 0 Å². The Morgan fingerprint density at radius 1 is 1.00 bits per heavy atom. The maximum atomic E-state index is 6.26. The van der Waals surface area contributed by atoms with Crippen LogP contribution in [0.25, 0.3) is 0 Å². The van der Waals surface area contributed by atoms with Crippen molar-refractivity contribution in [2.75, 3.05) is 6.61 Å². The van der Waals surface area contributed by atoms with Crippen LogP contribution in [0.1, 0.15) is 18.1 Å². The molecular weight excluding hydrogens is 309 g/mol. The predicted molar refractivity (Wildman–Crippen MR) is 86.3 cm³/mol. The Balaban J connectivity index is 2.19. The molecule has 0 spiro atoms. The van der Waals surface area contributed by atoms with Crippen molar-refractivity contribution in [2.45, 2.75) is 20.1 Å². The quantitative estimate of drug-likeness (QED) is 0.854. The minimum atomic E-state index is 0.388. The van der Waals surface area contributed by atoms with Gasteiger partial charge in [-0.05, 0) is 42.3 Å². The molecule has 0 saturated carbocycles. The van der Waals surface area contributed by atoms with Gasteiger partial charge in [-0.15, -0.1) is 0 Å². The van der Waals surface area contributed by atoms with Crippen molar-refractivity contribution in [3.8, 4) is 11.5 Å². The maximum Gasteiger partial charge on any atom is 0.180 e. The first-order valence-electron chi connectivity index (χ1n) is 6.66. The predicted octanol–water partition coefficient (Wildman–Crippen LogP) is 4.43. The average Bonchev–Trinajstić information content (AvgIpc) is 2.48. The lowest BCUT2D eigenvalue weighted by molar-refractivity contribution is 0.269. The molecule has 0 radical (unpaired) electrons. The molecule has 3 nitrogen and oxygen atoms in total. The monoisotopic (exact) mass is 325 g/mol. The summed E-state index contributed by atoms with van der Waals surface area (Å²) >= 11 is 12.1. The van der Waals surface area contributed by atoms with E-state index in [1.807, 2.05) is 37.3 Å². The number of ether oxygens (including phenoxy) is 2. The topological polar surface area (TPSA) is 44.5 Å². The molecule has 2 aromatic carbocycles. The second-order valence-corrected chi connectivity index (χ2v) is 5.30. The van der Waals surface area contributed by atoms with Crippen molar-refractivity contribution in [1.29, 1.82) is 0 Å². The van der Waals surface area contributed by atoms with E-state index in [2.05, 4.69) is 0 Å². The molecule has 0 atom stereocenters. The van der Waals surface area contributed by atoms with Crippen LogP contribution < -0.4 is 15.2 Å². The number of nitrogens with two attached hydrogens (primary N) is 1. The third-order valence-corrected chi connectivity index (χ3v) is 3.43. The molecule has 21 heavy (non-hydrogen) atoms. The van der Waals surface area contributed by atoms with E-state index in [1.165, 1.54) is 0 Å². The van der Waals surface area contributed by atoms with Gasteiger partial charge in [0.2, 0.25) is 0 Å². The van der Waals surface area contributed by atoms with E-state index in [1.54, 1.807) is 6.07 Å². The molecule has 0 amide bonds. The van der Waals surface area contributed by atoms with Gasteiger partial charge in [-0.3, -0.25) is 0 Å². The largest absolute Gasteiger partial charge is 0.490 e. The highest BCUT2D eigenvalue weighted by atomic mass is 35.5. The van der Waals surface area contributed by atoms with Gasteiger partial charge in [-0.1, -0.05) is 35.3 Å². The smallest absolute Gasteiger partial charge is 0.180 e. The van der Waals surface area contributed by atoms with Gasteiger partial charge in [-0.25, -0.2) is 0 Å². The highest BCUT2D eigenvalue weighted by molar-refractivity contribution is 6.32. The fourth-order valence-electron chi connectivity index (χ4n) is 1.88. The summed E-state index contributed by atoms with van der Waals surface area (Å²) in [6.07, 6.45) is 0. The fraction of sp³-hybridized carbons (Fsp3) is 0.250. The molecule has 0 saturated heterocycles. The first-order valence-corrected chi connectivity index (χ1v) is 7.42. The summed E-state index contributed by atoms with van der Waals surface area (Å²) in [6.45, 7) is 3.23. The zero-order valence-electron chi connectivity index (χ0n) is 11.7. The normalized spacial score (nSPS) is 10.5. The van der Waals surface area contributed by atoms with Crippen molar-refractivity contribution >= 4 is 23.2 Å². The highest BCUT2D eigenvalue weighted by Gasteiger charge is 2.12. The number of halogens is 2. The number of hydrogen-bond acceptors (Lipinski definition) is 3. The minimum Gasteiger partial charge on any atom is -0.490 e. The van der Waals surface area contributed by atoms with Crippen LogP contribution in [0, 0.1) is 0 Å². The molecule has 0 aromatic heterocycles. The van der Waals surface area contributed by atoms with Gasteiger partial charge < -0.3 is 15.2 Å². The van der Waals surface area contributed by atoms with Crippen molar-refractivity contribution in [3.05, 3.63) is 57.6 Å². The van der Waals surface area contributed by atoms with Gasteiger partial charge in [0.25, 0.3) is 0 Å². The summed E-state index contributed by atoms with van der Waals surface area (Å²) < 4.78 is 11.4. The lowest BCUT2D eigenvalue weighted by Crippen LogP contribution is -2.03. The Kier molecular flexibility index (Phi) is 5.74. The van der Waals surface area contributed by atoms with Crippen LogP contribution in [-0.2, 0) is 13.2 Å². The first kappa shape index (κ1) is 16.0. The van der Waals surface area contributed by atoms with Gasteiger partial charge in [0.05, 0.1) is 11.6 Å². The average molecular weight is 326 g/mol. The van der Waals surface area contributed by atoms with Crippen LogP contribution in [-0.4, -0.2) is 6.61 Å². The van der Waals surface area contributed by atoms with Crippen molar-refractivity contribution < 1.29 is 9.47 Å². The summed E-state index contributed by atoms with van der Waals surface area (Å²) in [5.74, 6) is 1.14. The maximum absolute atomic E-state index is 6.26. The molecule has 0 aliphatic rings. The van der Waals surface area contributed by atoms with E-state index in [0.717, 1.165) is 11.1 Å². The van der Waals surface area contributed by atoms with E-state index >= 15 is 0 Å². The Labute approximate surface area is 134 Å². The molecule has 0 heterocycles. The van der Waals surface area contributed by atoms with E-state index < -0.39 is 0 Å². The lowest BCUT2D eigenvalue weighted by Gasteiger charge is -2.15. The van der Waals surface area contributed by atoms with E-state index in [9.17, 15) is 0 Å². The van der Waals surface area contributed by atoms with Crippen LogP contribution in [0.5, 0.6) is 11.5 Å². The van der Waals surface area contributed by atoms with Crippen LogP contribution >= 0.6 is 23.2 Å². The van der Waals surface area contributed by atoms with E-state index in [4.69, 9.17) is 38.4 Å². The lowest BCUT2D eigenvalue weighted by atomic mass is 10.2. The van der Waals surface area contributed by atoms with Crippen molar-refractivity contribution in [3.63, 3.8) is 0 Å². The Morgan fingerprint density at radius 3 is 2.33 bits per heavy atom. The molecule has 5 heteroatoms. The summed E-state index contributed by atoms with van der Waals surface area (Å²) in [6, 6.07) is 11.1. The third kappa shape index (κ3) is 4.27. The van der Waals surface area contributed by atoms with Crippen LogP contribution in [0.4, 0.5) is 0 Å². The molecular formula is C16H17Cl2NO2. The number of rotatable bonds is 6. The van der Waals surface area contributed by atoms with Crippen LogP contribution in [0.3, 0.4) is 0 Å². The number of hydrogen-bond donors (Lipinski definition) is 1. The van der Waals surface area contributed by atoms with Crippen LogP contribution in [0.2, 0.25) is 10.0 Å². The second-order valence-electron chi connectivity index (χ2n) is 4.46. The van der Waals surface area contributed by atoms with E-state index in [0.29, 0.717) is 41.3 Å². The molecule has 2 N–H and O–H groups in total. The van der Waals surface area contributed by atoms with Crippen LogP contribution in [0.15, 0.2) is 36.4 Å². The first-order chi connectivity index (χ1) is 10.1.